The van der Waals surface area contributed by atoms with Crippen molar-refractivity contribution in [1.29, 1.82) is 5.26 Å². The Hall–Kier alpha value is -3.88. The van der Waals surface area contributed by atoms with E-state index in [-0.39, 0.29) is 5.57 Å². The summed E-state index contributed by atoms with van der Waals surface area (Å²) in [5.41, 5.74) is 5.61. The highest BCUT2D eigenvalue weighted by Gasteiger charge is 2.14. The van der Waals surface area contributed by atoms with Crippen molar-refractivity contribution < 1.29 is 9.53 Å². The van der Waals surface area contributed by atoms with Crippen molar-refractivity contribution in [3.05, 3.63) is 111 Å². The number of ether oxygens (including phenoxy) is 1. The second-order valence-corrected chi connectivity index (χ2v) is 9.41. The number of anilines is 1. The van der Waals surface area contributed by atoms with Gasteiger partial charge in [-0.05, 0) is 73.0 Å². The van der Waals surface area contributed by atoms with E-state index >= 15 is 0 Å². The zero-order valence-corrected chi connectivity index (χ0v) is 21.4. The fourth-order valence-corrected chi connectivity index (χ4v) is 4.38. The molecule has 0 aliphatic carbocycles. The Labute approximate surface area is 214 Å². The van der Waals surface area contributed by atoms with E-state index < -0.39 is 5.91 Å². The van der Waals surface area contributed by atoms with E-state index in [0.29, 0.717) is 23.6 Å². The van der Waals surface area contributed by atoms with Crippen LogP contribution in [0.5, 0.6) is 5.75 Å². The number of aryl methyl sites for hydroxylation is 3. The lowest BCUT2D eigenvalue weighted by Gasteiger charge is -2.14. The molecule has 5 heteroatoms. The molecule has 4 rings (SSSR count). The van der Waals surface area contributed by atoms with Crippen LogP contribution in [0, 0.1) is 32.1 Å². The number of nitriles is 1. The number of carbonyl (C=O) groups is 1. The average molecular weight is 525 g/mol. The van der Waals surface area contributed by atoms with Crippen LogP contribution in [0.3, 0.4) is 0 Å². The SMILES string of the molecule is Cc1ccc(NC(=O)/C(C#N)=C/c2cc(Br)ccc2OCc2c(C)ccc3ccccc23)c(C)c1. The van der Waals surface area contributed by atoms with Gasteiger partial charge in [-0.25, -0.2) is 0 Å². The molecule has 0 radical (unpaired) electrons. The predicted molar refractivity (Wildman–Crippen MR) is 145 cm³/mol. The molecule has 0 saturated heterocycles. The van der Waals surface area contributed by atoms with E-state index in [4.69, 9.17) is 4.74 Å². The Balaban J connectivity index is 1.62. The normalized spacial score (nSPS) is 11.2. The number of halogens is 1. The molecule has 174 valence electrons. The lowest BCUT2D eigenvalue weighted by molar-refractivity contribution is -0.112. The molecule has 0 atom stereocenters. The van der Waals surface area contributed by atoms with Gasteiger partial charge in [-0.15, -0.1) is 0 Å². The number of hydrogen-bond acceptors (Lipinski definition) is 3. The molecule has 0 unspecified atom stereocenters. The molecule has 0 aromatic heterocycles. The van der Waals surface area contributed by atoms with Crippen molar-refractivity contribution in [2.24, 2.45) is 0 Å². The van der Waals surface area contributed by atoms with Gasteiger partial charge in [0, 0.05) is 21.3 Å². The topological polar surface area (TPSA) is 62.1 Å². The molecular formula is C30H25BrN2O2. The number of amides is 1. The largest absolute Gasteiger partial charge is 0.488 e. The molecule has 0 spiro atoms. The van der Waals surface area contributed by atoms with Gasteiger partial charge in [-0.3, -0.25) is 4.79 Å². The zero-order chi connectivity index (χ0) is 24.9. The van der Waals surface area contributed by atoms with Gasteiger partial charge < -0.3 is 10.1 Å². The maximum atomic E-state index is 12.9. The second kappa shape index (κ2) is 10.6. The molecule has 1 N–H and O–H groups in total. The molecular weight excluding hydrogens is 500 g/mol. The van der Waals surface area contributed by atoms with Crippen molar-refractivity contribution >= 4 is 44.4 Å². The van der Waals surface area contributed by atoms with Crippen molar-refractivity contribution in [2.45, 2.75) is 27.4 Å². The third-order valence-electron chi connectivity index (χ3n) is 5.91. The average Bonchev–Trinajstić information content (AvgIpc) is 2.84. The molecule has 0 bridgehead atoms. The van der Waals surface area contributed by atoms with Gasteiger partial charge in [0.25, 0.3) is 5.91 Å². The Morgan fingerprint density at radius 1 is 1.00 bits per heavy atom. The smallest absolute Gasteiger partial charge is 0.266 e. The fourth-order valence-electron chi connectivity index (χ4n) is 4.00. The summed E-state index contributed by atoms with van der Waals surface area (Å²) < 4.78 is 7.06. The van der Waals surface area contributed by atoms with Crippen LogP contribution < -0.4 is 10.1 Å². The van der Waals surface area contributed by atoms with E-state index in [1.165, 1.54) is 0 Å². The van der Waals surface area contributed by atoms with Gasteiger partial charge in [0.2, 0.25) is 0 Å². The number of carbonyl (C=O) groups excluding carboxylic acids is 1. The van der Waals surface area contributed by atoms with E-state index in [1.807, 2.05) is 68.4 Å². The van der Waals surface area contributed by atoms with Crippen LogP contribution in [0.1, 0.15) is 27.8 Å². The Morgan fingerprint density at radius 2 is 1.80 bits per heavy atom. The second-order valence-electron chi connectivity index (χ2n) is 8.50. The van der Waals surface area contributed by atoms with E-state index in [9.17, 15) is 10.1 Å². The molecule has 0 saturated carbocycles. The van der Waals surface area contributed by atoms with E-state index in [1.54, 1.807) is 6.08 Å². The van der Waals surface area contributed by atoms with Crippen LogP contribution >= 0.6 is 15.9 Å². The molecule has 4 nitrogen and oxygen atoms in total. The minimum absolute atomic E-state index is 0.00531. The highest BCUT2D eigenvalue weighted by Crippen LogP contribution is 2.29. The quantitative estimate of drug-likeness (QED) is 0.208. The van der Waals surface area contributed by atoms with Gasteiger partial charge in [-0.2, -0.15) is 5.26 Å². The minimum atomic E-state index is -0.463. The summed E-state index contributed by atoms with van der Waals surface area (Å²) in [6.45, 7) is 6.35. The number of rotatable bonds is 6. The Bertz CT molecular complexity index is 1500. The van der Waals surface area contributed by atoms with Crippen LogP contribution in [0.15, 0.2) is 82.8 Å². The lowest BCUT2D eigenvalue weighted by atomic mass is 10.0. The molecule has 1 amide bonds. The number of fused-ring (bicyclic) bond motifs is 1. The standard InChI is InChI=1S/C30H25BrN2O2/c1-19-8-12-28(21(3)14-19)33-30(34)24(17-32)15-23-16-25(31)11-13-29(23)35-18-27-20(2)9-10-22-6-4-5-7-26(22)27/h4-16H,18H2,1-3H3,(H,33,34)/b24-15+. The van der Waals surface area contributed by atoms with Crippen LogP contribution in [-0.2, 0) is 11.4 Å². The van der Waals surface area contributed by atoms with Gasteiger partial charge >= 0.3 is 0 Å². The van der Waals surface area contributed by atoms with Crippen molar-refractivity contribution in [2.75, 3.05) is 5.32 Å². The van der Waals surface area contributed by atoms with Crippen molar-refractivity contribution in [3.8, 4) is 11.8 Å². The zero-order valence-electron chi connectivity index (χ0n) is 19.9. The first-order chi connectivity index (χ1) is 16.9. The first-order valence-corrected chi connectivity index (χ1v) is 12.0. The maximum Gasteiger partial charge on any atom is 0.266 e. The lowest BCUT2D eigenvalue weighted by Crippen LogP contribution is -2.14. The van der Waals surface area contributed by atoms with Crippen LogP contribution in [-0.4, -0.2) is 5.91 Å². The predicted octanol–water partition coefficient (Wildman–Crippen LogP) is 7.65. The number of nitrogens with zero attached hydrogens (tertiary/aromatic N) is 1. The first kappa shape index (κ1) is 24.3. The third kappa shape index (κ3) is 5.62. The maximum absolute atomic E-state index is 12.9. The fraction of sp³-hybridized carbons (Fsp3) is 0.133. The highest BCUT2D eigenvalue weighted by molar-refractivity contribution is 9.10. The first-order valence-electron chi connectivity index (χ1n) is 11.3. The van der Waals surface area contributed by atoms with Crippen LogP contribution in [0.4, 0.5) is 5.69 Å². The summed E-state index contributed by atoms with van der Waals surface area (Å²) in [6, 6.07) is 25.8. The van der Waals surface area contributed by atoms with Crippen LogP contribution in [0.2, 0.25) is 0 Å². The Morgan fingerprint density at radius 3 is 2.57 bits per heavy atom. The molecule has 0 fully saturated rings. The number of hydrogen-bond donors (Lipinski definition) is 1. The highest BCUT2D eigenvalue weighted by atomic mass is 79.9. The van der Waals surface area contributed by atoms with E-state index in [0.717, 1.165) is 37.5 Å². The molecule has 0 heterocycles. The summed E-state index contributed by atoms with van der Waals surface area (Å²) in [4.78, 5) is 12.9. The van der Waals surface area contributed by atoms with E-state index in [2.05, 4.69) is 52.4 Å². The van der Waals surface area contributed by atoms with Crippen molar-refractivity contribution in [1.82, 2.24) is 0 Å². The molecule has 0 aliphatic heterocycles. The summed E-state index contributed by atoms with van der Waals surface area (Å²) in [7, 11) is 0. The molecule has 0 aliphatic rings. The summed E-state index contributed by atoms with van der Waals surface area (Å²) in [6.07, 6.45) is 1.56. The number of nitrogens with one attached hydrogen (secondary N) is 1. The van der Waals surface area contributed by atoms with Gasteiger partial charge in [0.1, 0.15) is 24.0 Å². The number of benzene rings is 4. The summed E-state index contributed by atoms with van der Waals surface area (Å²) in [5.74, 6) is 0.128. The summed E-state index contributed by atoms with van der Waals surface area (Å²) >= 11 is 3.49. The molecule has 35 heavy (non-hydrogen) atoms. The van der Waals surface area contributed by atoms with Gasteiger partial charge in [0.05, 0.1) is 0 Å². The van der Waals surface area contributed by atoms with Crippen LogP contribution in [0.25, 0.3) is 16.8 Å². The van der Waals surface area contributed by atoms with Crippen molar-refractivity contribution in [3.63, 3.8) is 0 Å². The summed E-state index contributed by atoms with van der Waals surface area (Å²) in [5, 5.41) is 14.9. The monoisotopic (exact) mass is 524 g/mol. The Kier molecular flexibility index (Phi) is 7.33. The third-order valence-corrected chi connectivity index (χ3v) is 6.41. The van der Waals surface area contributed by atoms with Gasteiger partial charge in [0.15, 0.2) is 0 Å². The molecule has 4 aromatic carbocycles. The molecule has 4 aromatic rings. The van der Waals surface area contributed by atoms with Gasteiger partial charge in [-0.1, -0.05) is 70.0 Å². The minimum Gasteiger partial charge on any atom is -0.488 e.